The molecule has 0 saturated carbocycles. The van der Waals surface area contributed by atoms with Crippen molar-refractivity contribution in [2.24, 2.45) is 11.7 Å². The summed E-state index contributed by atoms with van der Waals surface area (Å²) in [5.41, 5.74) is 7.42. The maximum absolute atomic E-state index is 12.7. The zero-order chi connectivity index (χ0) is 20.1. The number of alkyl halides is 3. The third-order valence-corrected chi connectivity index (χ3v) is 5.13. The van der Waals surface area contributed by atoms with Crippen LogP contribution in [0.4, 0.5) is 13.2 Å². The minimum Gasteiger partial charge on any atom is -0.406 e. The average Bonchev–Trinajstić information content (AvgIpc) is 3.11. The molecule has 1 fully saturated rings. The van der Waals surface area contributed by atoms with Crippen LogP contribution in [0, 0.1) is 5.92 Å². The molecule has 3 rings (SSSR count). The van der Waals surface area contributed by atoms with Crippen molar-refractivity contribution in [2.45, 2.75) is 25.1 Å². The predicted molar refractivity (Wildman–Crippen MR) is 99.8 cm³/mol. The third-order valence-electron chi connectivity index (χ3n) is 5.13. The van der Waals surface area contributed by atoms with E-state index in [0.717, 1.165) is 5.56 Å². The first-order valence-electron chi connectivity index (χ1n) is 9.24. The fourth-order valence-electron chi connectivity index (χ4n) is 3.73. The van der Waals surface area contributed by atoms with Gasteiger partial charge in [-0.3, -0.25) is 4.79 Å². The number of carbonyl (C=O) groups is 1. The van der Waals surface area contributed by atoms with Gasteiger partial charge in [-0.25, -0.2) is 0 Å². The van der Waals surface area contributed by atoms with Gasteiger partial charge in [0.25, 0.3) is 0 Å². The normalized spacial score (nSPS) is 19.6. The first kappa shape index (κ1) is 20.2. The van der Waals surface area contributed by atoms with Gasteiger partial charge in [-0.05, 0) is 36.1 Å². The van der Waals surface area contributed by atoms with Gasteiger partial charge >= 0.3 is 6.36 Å². The molecule has 1 saturated heterocycles. The molecule has 1 heterocycles. The minimum atomic E-state index is -4.76. The molecule has 150 valence electrons. The molecule has 0 bridgehead atoms. The molecule has 0 radical (unpaired) electrons. The van der Waals surface area contributed by atoms with E-state index in [1.807, 2.05) is 30.3 Å². The quantitative estimate of drug-likeness (QED) is 0.815. The molecule has 0 aliphatic carbocycles. The van der Waals surface area contributed by atoms with E-state index in [4.69, 9.17) is 5.73 Å². The van der Waals surface area contributed by atoms with Gasteiger partial charge in [0.05, 0.1) is 0 Å². The number of halogens is 3. The van der Waals surface area contributed by atoms with Crippen molar-refractivity contribution < 1.29 is 22.7 Å². The van der Waals surface area contributed by atoms with Gasteiger partial charge in [-0.15, -0.1) is 13.2 Å². The Bertz CT molecular complexity index is 796. The van der Waals surface area contributed by atoms with Gasteiger partial charge in [0.1, 0.15) is 5.75 Å². The zero-order valence-corrected chi connectivity index (χ0v) is 15.4. The summed E-state index contributed by atoms with van der Waals surface area (Å²) in [6, 6.07) is 15.9. The van der Waals surface area contributed by atoms with E-state index >= 15 is 0 Å². The molecule has 1 aliphatic rings. The van der Waals surface area contributed by atoms with Gasteiger partial charge in [0, 0.05) is 25.4 Å². The van der Waals surface area contributed by atoms with Gasteiger partial charge in [-0.2, -0.15) is 0 Å². The van der Waals surface area contributed by atoms with Crippen molar-refractivity contribution in [2.75, 3.05) is 19.6 Å². The van der Waals surface area contributed by atoms with Crippen LogP contribution in [0.5, 0.6) is 5.75 Å². The molecular formula is C21H23F3N2O2. The molecule has 2 aromatic carbocycles. The zero-order valence-electron chi connectivity index (χ0n) is 15.4. The summed E-state index contributed by atoms with van der Waals surface area (Å²) in [4.78, 5) is 14.4. The van der Waals surface area contributed by atoms with Crippen molar-refractivity contribution in [3.63, 3.8) is 0 Å². The second-order valence-electron chi connectivity index (χ2n) is 6.97. The number of nitrogens with zero attached hydrogens (tertiary/aromatic N) is 1. The van der Waals surface area contributed by atoms with Crippen molar-refractivity contribution in [1.29, 1.82) is 0 Å². The van der Waals surface area contributed by atoms with E-state index in [-0.39, 0.29) is 36.3 Å². The Morgan fingerprint density at radius 1 is 1.07 bits per heavy atom. The predicted octanol–water partition coefficient (Wildman–Crippen LogP) is 3.72. The van der Waals surface area contributed by atoms with E-state index in [2.05, 4.69) is 4.74 Å². The Kier molecular flexibility index (Phi) is 6.24. The number of aryl methyl sites for hydroxylation is 1. The molecule has 2 atom stereocenters. The molecule has 1 aliphatic heterocycles. The van der Waals surface area contributed by atoms with E-state index in [0.29, 0.717) is 25.2 Å². The smallest absolute Gasteiger partial charge is 0.406 e. The number of hydrogen-bond acceptors (Lipinski definition) is 3. The minimum absolute atomic E-state index is 0.0845. The topological polar surface area (TPSA) is 55.6 Å². The second-order valence-corrected chi connectivity index (χ2v) is 6.97. The van der Waals surface area contributed by atoms with Crippen molar-refractivity contribution in [3.8, 4) is 5.75 Å². The number of benzene rings is 2. The molecule has 1 amide bonds. The Hall–Kier alpha value is -2.54. The number of nitrogens with two attached hydrogens (primary N) is 1. The largest absolute Gasteiger partial charge is 0.573 e. The van der Waals surface area contributed by atoms with Gasteiger partial charge < -0.3 is 15.4 Å². The fourth-order valence-corrected chi connectivity index (χ4v) is 3.73. The average molecular weight is 392 g/mol. The van der Waals surface area contributed by atoms with E-state index in [9.17, 15) is 18.0 Å². The van der Waals surface area contributed by atoms with Crippen LogP contribution in [0.15, 0.2) is 54.6 Å². The summed E-state index contributed by atoms with van der Waals surface area (Å²) < 4.78 is 41.7. The van der Waals surface area contributed by atoms with Crippen LogP contribution in [0.25, 0.3) is 0 Å². The summed E-state index contributed by atoms with van der Waals surface area (Å²) in [7, 11) is 0. The molecule has 0 spiro atoms. The Morgan fingerprint density at radius 3 is 2.43 bits per heavy atom. The molecule has 28 heavy (non-hydrogen) atoms. The maximum Gasteiger partial charge on any atom is 0.573 e. The molecule has 7 heteroatoms. The molecular weight excluding hydrogens is 369 g/mol. The van der Waals surface area contributed by atoms with Crippen LogP contribution < -0.4 is 10.5 Å². The van der Waals surface area contributed by atoms with Crippen LogP contribution >= 0.6 is 0 Å². The number of para-hydroxylation sites is 1. The Labute approximate surface area is 162 Å². The highest BCUT2D eigenvalue weighted by Crippen LogP contribution is 2.33. The fraction of sp³-hybridized carbons (Fsp3) is 0.381. The molecule has 4 nitrogen and oxygen atoms in total. The summed E-state index contributed by atoms with van der Waals surface area (Å²) in [5.74, 6) is 0.00751. The van der Waals surface area contributed by atoms with Gasteiger partial charge in [0.2, 0.25) is 5.91 Å². The maximum atomic E-state index is 12.7. The van der Waals surface area contributed by atoms with E-state index < -0.39 is 6.36 Å². The van der Waals surface area contributed by atoms with Crippen LogP contribution in [0.3, 0.4) is 0 Å². The second kappa shape index (κ2) is 8.65. The van der Waals surface area contributed by atoms with Crippen LogP contribution in [-0.4, -0.2) is 36.8 Å². The van der Waals surface area contributed by atoms with Crippen molar-refractivity contribution in [1.82, 2.24) is 4.90 Å². The van der Waals surface area contributed by atoms with Gasteiger partial charge in [0.15, 0.2) is 0 Å². The molecule has 2 N–H and O–H groups in total. The Balaban J connectivity index is 1.63. The monoisotopic (exact) mass is 392 g/mol. The molecule has 2 aromatic rings. The number of carbonyl (C=O) groups excluding carboxylic acids is 1. The summed E-state index contributed by atoms with van der Waals surface area (Å²) in [6.07, 6.45) is -4.45. The third kappa shape index (κ3) is 5.04. The Morgan fingerprint density at radius 2 is 1.75 bits per heavy atom. The lowest BCUT2D eigenvalue weighted by atomic mass is 9.89. The lowest BCUT2D eigenvalue weighted by Crippen LogP contribution is -2.30. The first-order chi connectivity index (χ1) is 13.4. The lowest BCUT2D eigenvalue weighted by Gasteiger charge is -2.18. The molecule has 0 aromatic heterocycles. The van der Waals surface area contributed by atoms with Crippen molar-refractivity contribution >= 4 is 5.91 Å². The highest BCUT2D eigenvalue weighted by Gasteiger charge is 2.35. The van der Waals surface area contributed by atoms with Crippen molar-refractivity contribution in [3.05, 3.63) is 65.7 Å². The van der Waals surface area contributed by atoms with Gasteiger partial charge in [-0.1, -0.05) is 48.5 Å². The highest BCUT2D eigenvalue weighted by atomic mass is 19.4. The number of hydrogen-bond donors (Lipinski definition) is 1. The number of rotatable bonds is 6. The molecule has 0 unspecified atom stereocenters. The SMILES string of the molecule is NC[C@@H]1CN(C(=O)CCc2ccccc2OC(F)(F)F)C[C@H]1c1ccccc1. The highest BCUT2D eigenvalue weighted by molar-refractivity contribution is 5.77. The summed E-state index contributed by atoms with van der Waals surface area (Å²) >= 11 is 0. The van der Waals surface area contributed by atoms with E-state index in [1.54, 1.807) is 17.0 Å². The van der Waals surface area contributed by atoms with E-state index in [1.165, 1.54) is 12.1 Å². The van der Waals surface area contributed by atoms with Crippen LogP contribution in [0.1, 0.15) is 23.5 Å². The van der Waals surface area contributed by atoms with Crippen LogP contribution in [0.2, 0.25) is 0 Å². The first-order valence-corrected chi connectivity index (χ1v) is 9.24. The summed E-state index contributed by atoms with van der Waals surface area (Å²) in [6.45, 7) is 1.62. The van der Waals surface area contributed by atoms with Crippen LogP contribution in [-0.2, 0) is 11.2 Å². The standard InChI is InChI=1S/C21H23F3N2O2/c22-21(23,24)28-19-9-5-4-8-16(19)10-11-20(27)26-13-17(12-25)18(14-26)15-6-2-1-3-7-15/h1-9,17-18H,10-14,25H2/t17-,18+/m1/s1. The number of likely N-dealkylation sites (tertiary alicyclic amines) is 1. The number of ether oxygens (including phenoxy) is 1. The summed E-state index contributed by atoms with van der Waals surface area (Å²) in [5, 5.41) is 0. The number of amides is 1. The lowest BCUT2D eigenvalue weighted by molar-refractivity contribution is -0.274.